The van der Waals surface area contributed by atoms with Gasteiger partial charge < -0.3 is 23.8 Å². The molecule has 6 nitrogen and oxygen atoms in total. The number of para-hydroxylation sites is 2. The van der Waals surface area contributed by atoms with Gasteiger partial charge in [-0.2, -0.15) is 0 Å². The Balaban J connectivity index is 1.97. The second-order valence-electron chi connectivity index (χ2n) is 5.08. The van der Waals surface area contributed by atoms with Crippen molar-refractivity contribution in [2.24, 2.45) is 0 Å². The molecule has 2 aromatic carbocycles. The zero-order valence-corrected chi connectivity index (χ0v) is 15.4. The Bertz CT molecular complexity index is 965. The maximum Gasteiger partial charge on any atom is 0.261 e. The lowest BCUT2D eigenvalue weighted by Gasteiger charge is -2.11. The molecule has 8 heteroatoms. The predicted molar refractivity (Wildman–Crippen MR) is 97.4 cm³/mol. The van der Waals surface area contributed by atoms with Crippen LogP contribution in [0, 0.1) is 0 Å². The number of ether oxygens (including phenoxy) is 2. The number of aliphatic carboxylic acids is 1. The molecule has 0 unspecified atom stereocenters. The molecule has 134 valence electrons. The smallest absolute Gasteiger partial charge is 0.261 e. The number of oxazole rings is 1. The fourth-order valence-corrected chi connectivity index (χ4v) is 3.33. The number of methoxy groups -OCH3 is 2. The van der Waals surface area contributed by atoms with Gasteiger partial charge in [0, 0.05) is 4.91 Å². The molecule has 0 atom stereocenters. The molecule has 1 heterocycles. The van der Waals surface area contributed by atoms with E-state index in [0.29, 0.717) is 33.2 Å². The van der Waals surface area contributed by atoms with Crippen LogP contribution in [0.5, 0.6) is 11.5 Å². The molecule has 0 saturated carbocycles. The maximum atomic E-state index is 11.5. The van der Waals surface area contributed by atoms with Crippen LogP contribution in [0.1, 0.15) is 5.56 Å². The number of hydrogen-bond acceptors (Lipinski definition) is 7. The lowest BCUT2D eigenvalue weighted by atomic mass is 10.2. The molecule has 1 aromatic heterocycles. The number of carboxylic acid groups (broad SMARTS) is 1. The summed E-state index contributed by atoms with van der Waals surface area (Å²) in [5, 5.41) is 12.0. The third-order valence-electron chi connectivity index (χ3n) is 3.43. The Morgan fingerprint density at radius 3 is 2.69 bits per heavy atom. The van der Waals surface area contributed by atoms with Crippen LogP contribution in [0.15, 0.2) is 50.9 Å². The van der Waals surface area contributed by atoms with Crippen LogP contribution in [0.3, 0.4) is 0 Å². The van der Waals surface area contributed by atoms with Crippen LogP contribution in [-0.4, -0.2) is 25.2 Å². The standard InChI is InChI=1S/C18H14ClNO5S/c1-23-14-8-10(7-11(19)16(14)24-2)9-15(17(21)22)26-18-20-12-5-3-4-6-13(12)25-18/h3-9H,1-2H3,(H,21,22)/p-1/b15-9+. The van der Waals surface area contributed by atoms with Gasteiger partial charge in [0.2, 0.25) is 0 Å². The number of carbonyl (C=O) groups excluding carboxylic acids is 1. The first-order valence-electron chi connectivity index (χ1n) is 7.40. The highest BCUT2D eigenvalue weighted by Gasteiger charge is 2.13. The van der Waals surface area contributed by atoms with Gasteiger partial charge in [-0.15, -0.1) is 0 Å². The summed E-state index contributed by atoms with van der Waals surface area (Å²) in [6, 6.07) is 10.3. The number of thioether (sulfide) groups is 1. The number of benzene rings is 2. The minimum Gasteiger partial charge on any atom is -0.544 e. The molecule has 0 bridgehead atoms. The van der Waals surface area contributed by atoms with Gasteiger partial charge in [0.1, 0.15) is 5.52 Å². The van der Waals surface area contributed by atoms with Gasteiger partial charge in [-0.05, 0) is 47.7 Å². The van der Waals surface area contributed by atoms with Gasteiger partial charge in [0.05, 0.1) is 25.2 Å². The van der Waals surface area contributed by atoms with Crippen molar-refractivity contribution in [1.82, 2.24) is 4.98 Å². The van der Waals surface area contributed by atoms with Gasteiger partial charge in [0.25, 0.3) is 5.22 Å². The Morgan fingerprint density at radius 2 is 2.04 bits per heavy atom. The van der Waals surface area contributed by atoms with Crippen molar-refractivity contribution in [2.45, 2.75) is 5.22 Å². The van der Waals surface area contributed by atoms with E-state index >= 15 is 0 Å². The molecular formula is C18H13ClNO5S-. The lowest BCUT2D eigenvalue weighted by molar-refractivity contribution is -0.298. The van der Waals surface area contributed by atoms with E-state index < -0.39 is 5.97 Å². The van der Waals surface area contributed by atoms with E-state index in [0.717, 1.165) is 11.8 Å². The first-order chi connectivity index (χ1) is 12.5. The number of nitrogens with zero attached hydrogens (tertiary/aromatic N) is 1. The Labute approximate surface area is 158 Å². The number of halogens is 1. The predicted octanol–water partition coefficient (Wildman–Crippen LogP) is 3.38. The van der Waals surface area contributed by atoms with Crippen molar-refractivity contribution in [1.29, 1.82) is 0 Å². The third-order valence-corrected chi connectivity index (χ3v) is 4.56. The second kappa shape index (κ2) is 7.72. The molecule has 0 N–H and O–H groups in total. The highest BCUT2D eigenvalue weighted by molar-refractivity contribution is 8.03. The van der Waals surface area contributed by atoms with E-state index in [1.807, 2.05) is 12.1 Å². The number of aromatic nitrogens is 1. The number of carbonyl (C=O) groups is 1. The summed E-state index contributed by atoms with van der Waals surface area (Å²) < 4.78 is 15.9. The highest BCUT2D eigenvalue weighted by Crippen LogP contribution is 2.37. The van der Waals surface area contributed by atoms with Crippen LogP contribution in [0.2, 0.25) is 5.02 Å². The van der Waals surface area contributed by atoms with Crippen molar-refractivity contribution in [3.8, 4) is 11.5 Å². The number of carboxylic acids is 1. The molecule has 0 fully saturated rings. The van der Waals surface area contributed by atoms with Gasteiger partial charge in [-0.1, -0.05) is 23.7 Å². The maximum absolute atomic E-state index is 11.5. The highest BCUT2D eigenvalue weighted by atomic mass is 35.5. The molecular weight excluding hydrogens is 378 g/mol. The van der Waals surface area contributed by atoms with E-state index in [1.165, 1.54) is 20.3 Å². The van der Waals surface area contributed by atoms with Crippen molar-refractivity contribution in [2.75, 3.05) is 14.2 Å². The average molecular weight is 391 g/mol. The molecule has 0 spiro atoms. The quantitative estimate of drug-likeness (QED) is 0.471. The summed E-state index contributed by atoms with van der Waals surface area (Å²) in [5.74, 6) is -0.605. The Morgan fingerprint density at radius 1 is 1.27 bits per heavy atom. The zero-order chi connectivity index (χ0) is 18.7. The molecule has 3 rings (SSSR count). The summed E-state index contributed by atoms with van der Waals surface area (Å²) in [5.41, 5.74) is 1.72. The van der Waals surface area contributed by atoms with Crippen molar-refractivity contribution < 1.29 is 23.8 Å². The minimum absolute atomic E-state index is 0.0835. The number of hydrogen-bond donors (Lipinski definition) is 0. The summed E-state index contributed by atoms with van der Waals surface area (Å²) >= 11 is 7.01. The second-order valence-corrected chi connectivity index (χ2v) is 6.48. The van der Waals surface area contributed by atoms with Crippen LogP contribution >= 0.6 is 23.4 Å². The summed E-state index contributed by atoms with van der Waals surface area (Å²) in [6.07, 6.45) is 1.41. The summed E-state index contributed by atoms with van der Waals surface area (Å²) in [7, 11) is 2.93. The van der Waals surface area contributed by atoms with Crippen molar-refractivity contribution >= 4 is 46.5 Å². The fraction of sp³-hybridized carbons (Fsp3) is 0.111. The van der Waals surface area contributed by atoms with E-state index in [9.17, 15) is 9.90 Å². The SMILES string of the molecule is COc1cc(/C=C(/Sc2nc3ccccc3o2)C(=O)[O-])cc(Cl)c1OC. The van der Waals surface area contributed by atoms with E-state index in [2.05, 4.69) is 4.98 Å². The first kappa shape index (κ1) is 18.2. The summed E-state index contributed by atoms with van der Waals surface area (Å²) in [4.78, 5) is 15.7. The fourth-order valence-electron chi connectivity index (χ4n) is 2.29. The van der Waals surface area contributed by atoms with Crippen LogP contribution in [0.25, 0.3) is 17.2 Å². The average Bonchev–Trinajstić information content (AvgIpc) is 3.03. The molecule has 0 aliphatic carbocycles. The third kappa shape index (κ3) is 3.79. The van der Waals surface area contributed by atoms with Crippen molar-refractivity contribution in [3.05, 3.63) is 51.9 Å². The molecule has 0 aliphatic heterocycles. The Hall–Kier alpha value is -2.64. The number of rotatable bonds is 6. The monoisotopic (exact) mass is 390 g/mol. The van der Waals surface area contributed by atoms with Crippen molar-refractivity contribution in [3.63, 3.8) is 0 Å². The van der Waals surface area contributed by atoms with Crippen LogP contribution in [-0.2, 0) is 4.79 Å². The van der Waals surface area contributed by atoms with E-state index in [1.54, 1.807) is 24.3 Å². The molecule has 0 radical (unpaired) electrons. The van der Waals surface area contributed by atoms with Gasteiger partial charge in [0.15, 0.2) is 17.1 Å². The Kier molecular flexibility index (Phi) is 5.39. The number of fused-ring (bicyclic) bond motifs is 1. The van der Waals surface area contributed by atoms with E-state index in [-0.39, 0.29) is 10.1 Å². The molecule has 0 amide bonds. The summed E-state index contributed by atoms with van der Waals surface area (Å²) in [6.45, 7) is 0. The molecule has 0 saturated heterocycles. The minimum atomic E-state index is -1.36. The normalized spacial score (nSPS) is 11.6. The van der Waals surface area contributed by atoms with Crippen LogP contribution in [0.4, 0.5) is 0 Å². The van der Waals surface area contributed by atoms with Crippen LogP contribution < -0.4 is 14.6 Å². The lowest BCUT2D eigenvalue weighted by Crippen LogP contribution is -2.23. The first-order valence-corrected chi connectivity index (χ1v) is 8.59. The zero-order valence-electron chi connectivity index (χ0n) is 13.8. The van der Waals surface area contributed by atoms with Gasteiger partial charge >= 0.3 is 0 Å². The van der Waals surface area contributed by atoms with E-state index in [4.69, 9.17) is 25.5 Å². The topological polar surface area (TPSA) is 84.6 Å². The molecule has 26 heavy (non-hydrogen) atoms. The largest absolute Gasteiger partial charge is 0.544 e. The molecule has 3 aromatic rings. The van der Waals surface area contributed by atoms with Gasteiger partial charge in [-0.25, -0.2) is 4.98 Å². The molecule has 0 aliphatic rings. The van der Waals surface area contributed by atoms with Gasteiger partial charge in [-0.3, -0.25) is 0 Å².